The monoisotopic (exact) mass is 368 g/mol. The zero-order valence-electron chi connectivity index (χ0n) is 15.6. The third-order valence-corrected chi connectivity index (χ3v) is 4.62. The Bertz CT molecular complexity index is 810. The summed E-state index contributed by atoms with van der Waals surface area (Å²) in [7, 11) is 1.30. The summed E-state index contributed by atoms with van der Waals surface area (Å²) in [6, 6.07) is 11.9. The molecule has 2 heterocycles. The molecule has 7 nitrogen and oxygen atoms in total. The zero-order chi connectivity index (χ0) is 19.2. The molecule has 1 fully saturated rings. The molecule has 1 aromatic carbocycles. The summed E-state index contributed by atoms with van der Waals surface area (Å²) in [6.07, 6.45) is 1.65. The van der Waals surface area contributed by atoms with Crippen molar-refractivity contribution in [2.45, 2.75) is 19.8 Å². The Balaban J connectivity index is 1.73. The number of carbonyl (C=O) groups excluding carboxylic acids is 2. The lowest BCUT2D eigenvalue weighted by Crippen LogP contribution is -2.44. The SMILES string of the molecule is COC(=O)CNC(=O)[C@@H]1CCCN(c2nc(C)cc(-c3ccccc3)n2)C1. The first-order chi connectivity index (χ1) is 13.1. The molecule has 0 unspecified atom stereocenters. The van der Waals surface area contributed by atoms with Crippen LogP contribution in [0.5, 0.6) is 0 Å². The van der Waals surface area contributed by atoms with Crippen LogP contribution in [-0.4, -0.2) is 48.6 Å². The molecule has 3 rings (SSSR count). The highest BCUT2D eigenvalue weighted by Crippen LogP contribution is 2.24. The fourth-order valence-corrected chi connectivity index (χ4v) is 3.20. The molecule has 0 saturated carbocycles. The van der Waals surface area contributed by atoms with Gasteiger partial charge in [-0.05, 0) is 25.8 Å². The lowest BCUT2D eigenvalue weighted by molar-refractivity contribution is -0.141. The van der Waals surface area contributed by atoms with Crippen LogP contribution in [0.25, 0.3) is 11.3 Å². The Labute approximate surface area is 158 Å². The van der Waals surface area contributed by atoms with Crippen molar-refractivity contribution in [2.75, 3.05) is 31.6 Å². The van der Waals surface area contributed by atoms with Gasteiger partial charge in [0.15, 0.2) is 0 Å². The van der Waals surface area contributed by atoms with E-state index in [9.17, 15) is 9.59 Å². The predicted octanol–water partition coefficient (Wildman–Crippen LogP) is 1.96. The predicted molar refractivity (Wildman–Crippen MR) is 102 cm³/mol. The number of rotatable bonds is 5. The normalized spacial score (nSPS) is 16.7. The first-order valence-electron chi connectivity index (χ1n) is 9.07. The Morgan fingerprint density at radius 1 is 1.26 bits per heavy atom. The molecule has 1 saturated heterocycles. The van der Waals surface area contributed by atoms with Crippen LogP contribution in [0.2, 0.25) is 0 Å². The van der Waals surface area contributed by atoms with E-state index in [1.54, 1.807) is 0 Å². The summed E-state index contributed by atoms with van der Waals surface area (Å²) >= 11 is 0. The zero-order valence-corrected chi connectivity index (χ0v) is 15.6. The van der Waals surface area contributed by atoms with Crippen molar-refractivity contribution >= 4 is 17.8 Å². The van der Waals surface area contributed by atoms with E-state index in [0.717, 1.165) is 36.3 Å². The minimum Gasteiger partial charge on any atom is -0.468 e. The van der Waals surface area contributed by atoms with Gasteiger partial charge in [-0.15, -0.1) is 0 Å². The van der Waals surface area contributed by atoms with Crippen molar-refractivity contribution in [3.63, 3.8) is 0 Å². The fraction of sp³-hybridized carbons (Fsp3) is 0.400. The highest BCUT2D eigenvalue weighted by atomic mass is 16.5. The summed E-state index contributed by atoms with van der Waals surface area (Å²) in [5, 5.41) is 2.64. The summed E-state index contributed by atoms with van der Waals surface area (Å²) in [6.45, 7) is 3.18. The number of anilines is 1. The number of methoxy groups -OCH3 is 1. The molecule has 1 aliphatic rings. The van der Waals surface area contributed by atoms with Crippen molar-refractivity contribution in [3.05, 3.63) is 42.1 Å². The average molecular weight is 368 g/mol. The quantitative estimate of drug-likeness (QED) is 0.812. The molecule has 0 bridgehead atoms. The Kier molecular flexibility index (Phi) is 6.01. The number of nitrogens with one attached hydrogen (secondary N) is 1. The molecule has 1 N–H and O–H groups in total. The van der Waals surface area contributed by atoms with Gasteiger partial charge in [0.05, 0.1) is 18.7 Å². The first kappa shape index (κ1) is 18.8. The van der Waals surface area contributed by atoms with Gasteiger partial charge in [-0.2, -0.15) is 0 Å². The number of benzene rings is 1. The van der Waals surface area contributed by atoms with Gasteiger partial charge in [-0.3, -0.25) is 9.59 Å². The first-order valence-corrected chi connectivity index (χ1v) is 9.07. The van der Waals surface area contributed by atoms with Crippen LogP contribution < -0.4 is 10.2 Å². The highest BCUT2D eigenvalue weighted by molar-refractivity contribution is 5.84. The van der Waals surface area contributed by atoms with Crippen LogP contribution in [0.4, 0.5) is 5.95 Å². The summed E-state index contributed by atoms with van der Waals surface area (Å²) in [5.41, 5.74) is 2.79. The van der Waals surface area contributed by atoms with Crippen LogP contribution >= 0.6 is 0 Å². The van der Waals surface area contributed by atoms with Crippen LogP contribution in [0, 0.1) is 12.8 Å². The molecule has 2 aromatic rings. The molecule has 0 aliphatic carbocycles. The number of carbonyl (C=O) groups is 2. The maximum atomic E-state index is 12.4. The molecular formula is C20H24N4O3. The molecule has 1 amide bonds. The van der Waals surface area contributed by atoms with Crippen molar-refractivity contribution in [1.29, 1.82) is 0 Å². The van der Waals surface area contributed by atoms with Crippen molar-refractivity contribution in [2.24, 2.45) is 5.92 Å². The van der Waals surface area contributed by atoms with Crippen molar-refractivity contribution < 1.29 is 14.3 Å². The van der Waals surface area contributed by atoms with Gasteiger partial charge in [0, 0.05) is 24.3 Å². The molecule has 7 heteroatoms. The van der Waals surface area contributed by atoms with Crippen molar-refractivity contribution in [3.8, 4) is 11.3 Å². The molecular weight excluding hydrogens is 344 g/mol. The van der Waals surface area contributed by atoms with Gasteiger partial charge in [0.2, 0.25) is 11.9 Å². The maximum Gasteiger partial charge on any atom is 0.325 e. The van der Waals surface area contributed by atoms with Crippen molar-refractivity contribution in [1.82, 2.24) is 15.3 Å². The third-order valence-electron chi connectivity index (χ3n) is 4.62. The minimum absolute atomic E-state index is 0.106. The topological polar surface area (TPSA) is 84.4 Å². The summed E-state index contributed by atoms with van der Waals surface area (Å²) < 4.78 is 4.56. The van der Waals surface area contributed by atoms with Crippen LogP contribution in [-0.2, 0) is 14.3 Å². The van der Waals surface area contributed by atoms with E-state index in [1.807, 2.05) is 48.2 Å². The lowest BCUT2D eigenvalue weighted by atomic mass is 9.97. The van der Waals surface area contributed by atoms with E-state index in [1.165, 1.54) is 7.11 Å². The van der Waals surface area contributed by atoms with Gasteiger partial charge in [-0.25, -0.2) is 9.97 Å². The second-order valence-corrected chi connectivity index (χ2v) is 6.64. The van der Waals surface area contributed by atoms with Gasteiger partial charge in [0.25, 0.3) is 0 Å². The molecule has 27 heavy (non-hydrogen) atoms. The van der Waals surface area contributed by atoms with E-state index in [4.69, 9.17) is 4.98 Å². The highest BCUT2D eigenvalue weighted by Gasteiger charge is 2.27. The summed E-state index contributed by atoms with van der Waals surface area (Å²) in [4.78, 5) is 34.9. The Morgan fingerprint density at radius 2 is 2.04 bits per heavy atom. The number of hydrogen-bond donors (Lipinski definition) is 1. The maximum absolute atomic E-state index is 12.4. The van der Waals surface area contributed by atoms with Crippen LogP contribution in [0.3, 0.4) is 0 Å². The largest absolute Gasteiger partial charge is 0.468 e. The molecule has 0 spiro atoms. The number of amides is 1. The van der Waals surface area contributed by atoms with E-state index < -0.39 is 5.97 Å². The van der Waals surface area contributed by atoms with E-state index in [-0.39, 0.29) is 18.4 Å². The number of ether oxygens (including phenoxy) is 1. The van der Waals surface area contributed by atoms with E-state index in [0.29, 0.717) is 12.5 Å². The number of aromatic nitrogens is 2. The minimum atomic E-state index is -0.453. The van der Waals surface area contributed by atoms with E-state index in [2.05, 4.69) is 15.0 Å². The standard InChI is InChI=1S/C20H24N4O3/c1-14-11-17(15-7-4-3-5-8-15)23-20(22-14)24-10-6-9-16(13-24)19(26)21-12-18(25)27-2/h3-5,7-8,11,16H,6,9-10,12-13H2,1-2H3,(H,21,26)/t16-/m1/s1. The third kappa shape index (κ3) is 4.81. The number of nitrogens with zero attached hydrogens (tertiary/aromatic N) is 3. The smallest absolute Gasteiger partial charge is 0.325 e. The number of hydrogen-bond acceptors (Lipinski definition) is 6. The summed E-state index contributed by atoms with van der Waals surface area (Å²) in [5.74, 6) is -0.154. The molecule has 1 atom stereocenters. The Morgan fingerprint density at radius 3 is 2.78 bits per heavy atom. The van der Waals surface area contributed by atoms with Crippen LogP contribution in [0.15, 0.2) is 36.4 Å². The molecule has 142 valence electrons. The van der Waals surface area contributed by atoms with Gasteiger partial charge in [-0.1, -0.05) is 30.3 Å². The number of aryl methyl sites for hydroxylation is 1. The van der Waals surface area contributed by atoms with E-state index >= 15 is 0 Å². The lowest BCUT2D eigenvalue weighted by Gasteiger charge is -2.32. The van der Waals surface area contributed by atoms with Gasteiger partial charge >= 0.3 is 5.97 Å². The van der Waals surface area contributed by atoms with Gasteiger partial charge in [0.1, 0.15) is 6.54 Å². The van der Waals surface area contributed by atoms with Crippen LogP contribution in [0.1, 0.15) is 18.5 Å². The number of piperidine rings is 1. The molecule has 0 radical (unpaired) electrons. The second kappa shape index (κ2) is 8.62. The second-order valence-electron chi connectivity index (χ2n) is 6.64. The number of esters is 1. The van der Waals surface area contributed by atoms with Gasteiger partial charge < -0.3 is 15.0 Å². The average Bonchev–Trinajstić information content (AvgIpc) is 2.72. The molecule has 1 aliphatic heterocycles. The Hall–Kier alpha value is -2.96. The molecule has 1 aromatic heterocycles. The fourth-order valence-electron chi connectivity index (χ4n) is 3.20.